The molecule has 3 atom stereocenters. The van der Waals surface area contributed by atoms with Crippen LogP contribution in [0.4, 0.5) is 18.0 Å². The number of carbonyl (C=O) groups is 2. The van der Waals surface area contributed by atoms with Crippen molar-refractivity contribution in [1.82, 2.24) is 15.5 Å². The van der Waals surface area contributed by atoms with Crippen LogP contribution in [0, 0.1) is 11.3 Å². The summed E-state index contributed by atoms with van der Waals surface area (Å²) in [5.74, 6) is -0.00921. The van der Waals surface area contributed by atoms with Gasteiger partial charge in [0.05, 0.1) is 17.0 Å². The molecule has 3 aliphatic rings. The minimum absolute atomic E-state index is 0.0574. The predicted molar refractivity (Wildman–Crippen MR) is 124 cm³/mol. The van der Waals surface area contributed by atoms with Crippen LogP contribution in [0.25, 0.3) is 0 Å². The summed E-state index contributed by atoms with van der Waals surface area (Å²) in [5, 5.41) is 6.33. The van der Waals surface area contributed by atoms with Crippen molar-refractivity contribution in [2.45, 2.75) is 76.8 Å². The molecule has 4 N–H and O–H groups in total. The molecule has 2 heterocycles. The molecule has 194 valence electrons. The summed E-state index contributed by atoms with van der Waals surface area (Å²) >= 11 is 0. The number of hydrogen-bond donors (Lipinski definition) is 3. The molecule has 1 aliphatic carbocycles. The van der Waals surface area contributed by atoms with E-state index in [0.29, 0.717) is 30.0 Å². The third kappa shape index (κ3) is 5.43. The molecule has 0 spiro atoms. The Morgan fingerprint density at radius 2 is 1.89 bits per heavy atom. The first-order chi connectivity index (χ1) is 16.5. The Morgan fingerprint density at radius 3 is 2.51 bits per heavy atom. The van der Waals surface area contributed by atoms with E-state index in [1.165, 1.54) is 6.07 Å². The zero-order valence-electron chi connectivity index (χ0n) is 20.3. The maximum Gasteiger partial charge on any atom is 0.416 e. The highest BCUT2D eigenvalue weighted by atomic mass is 19.4. The summed E-state index contributed by atoms with van der Waals surface area (Å²) in [6, 6.07) is 2.60. The lowest BCUT2D eigenvalue weighted by Gasteiger charge is -2.42. The Morgan fingerprint density at radius 1 is 1.17 bits per heavy atom. The standard InChI is InChI=1S/C25H35F3N4O3/c1-15(2)24(8-5-19(12-24)30-18-6-9-35-10-7-18)22(33)32-13-16-11-17(25(26,27)28)3-4-20(16)21(14-32)31-23(29)34/h3-4,11,15,18-19,21,30H,5-10,12-14H2,1-2H3,(H3,29,31,34). The number of alkyl halides is 3. The first kappa shape index (κ1) is 25.8. The number of amides is 3. The van der Waals surface area contributed by atoms with Gasteiger partial charge in [0.1, 0.15) is 0 Å². The van der Waals surface area contributed by atoms with Gasteiger partial charge in [0.25, 0.3) is 0 Å². The number of primary amides is 1. The normalized spacial score (nSPS) is 27.7. The van der Waals surface area contributed by atoms with Crippen LogP contribution in [-0.2, 0) is 22.3 Å². The third-order valence-electron chi connectivity index (χ3n) is 7.99. The van der Waals surface area contributed by atoms with Crippen molar-refractivity contribution in [1.29, 1.82) is 0 Å². The zero-order chi connectivity index (χ0) is 25.4. The number of hydrogen-bond acceptors (Lipinski definition) is 4. The minimum atomic E-state index is -4.50. The lowest BCUT2D eigenvalue weighted by Crippen LogP contribution is -2.52. The van der Waals surface area contributed by atoms with E-state index in [1.54, 1.807) is 4.90 Å². The average Bonchev–Trinajstić information content (AvgIpc) is 3.23. The lowest BCUT2D eigenvalue weighted by molar-refractivity contribution is -0.146. The largest absolute Gasteiger partial charge is 0.416 e. The Bertz CT molecular complexity index is 948. The van der Waals surface area contributed by atoms with Crippen LogP contribution in [0.1, 0.15) is 68.7 Å². The van der Waals surface area contributed by atoms with Crippen LogP contribution in [0.5, 0.6) is 0 Å². The molecular weight excluding hydrogens is 461 g/mol. The molecule has 10 heteroatoms. The fourth-order valence-electron chi connectivity index (χ4n) is 5.99. The average molecular weight is 497 g/mol. The van der Waals surface area contributed by atoms with E-state index in [0.717, 1.165) is 44.6 Å². The van der Waals surface area contributed by atoms with E-state index in [-0.39, 0.29) is 31.0 Å². The molecule has 0 bridgehead atoms. The molecule has 0 aromatic heterocycles. The van der Waals surface area contributed by atoms with Crippen LogP contribution in [-0.4, -0.2) is 48.7 Å². The number of nitrogens with one attached hydrogen (secondary N) is 2. The van der Waals surface area contributed by atoms with Crippen molar-refractivity contribution in [3.63, 3.8) is 0 Å². The van der Waals surface area contributed by atoms with Crippen molar-refractivity contribution in [2.75, 3.05) is 19.8 Å². The Labute approximate surface area is 203 Å². The number of nitrogens with two attached hydrogens (primary N) is 1. The molecule has 1 saturated heterocycles. The van der Waals surface area contributed by atoms with Gasteiger partial charge in [-0.25, -0.2) is 4.79 Å². The van der Waals surface area contributed by atoms with Crippen molar-refractivity contribution < 1.29 is 27.5 Å². The molecular formula is C25H35F3N4O3. The molecule has 35 heavy (non-hydrogen) atoms. The second-order valence-electron chi connectivity index (χ2n) is 10.5. The number of halogens is 3. The smallest absolute Gasteiger partial charge is 0.381 e. The Balaban J connectivity index is 1.57. The van der Waals surface area contributed by atoms with Gasteiger partial charge in [0.15, 0.2) is 0 Å². The van der Waals surface area contributed by atoms with E-state index in [4.69, 9.17) is 10.5 Å². The van der Waals surface area contributed by atoms with Gasteiger partial charge in [-0.05, 0) is 61.3 Å². The molecule has 2 aliphatic heterocycles. The van der Waals surface area contributed by atoms with Gasteiger partial charge < -0.3 is 26.0 Å². The fraction of sp³-hybridized carbons (Fsp3) is 0.680. The fourth-order valence-corrected chi connectivity index (χ4v) is 5.99. The van der Waals surface area contributed by atoms with Gasteiger partial charge in [0, 0.05) is 38.4 Å². The van der Waals surface area contributed by atoms with Crippen LogP contribution >= 0.6 is 0 Å². The summed E-state index contributed by atoms with van der Waals surface area (Å²) in [6.07, 6.45) is -0.340. The molecule has 4 rings (SSSR count). The quantitative estimate of drug-likeness (QED) is 0.579. The third-order valence-corrected chi connectivity index (χ3v) is 7.99. The van der Waals surface area contributed by atoms with E-state index in [9.17, 15) is 22.8 Å². The monoisotopic (exact) mass is 496 g/mol. The van der Waals surface area contributed by atoms with Gasteiger partial charge in [-0.2, -0.15) is 13.2 Å². The maximum absolute atomic E-state index is 14.0. The van der Waals surface area contributed by atoms with Crippen LogP contribution in [0.3, 0.4) is 0 Å². The number of nitrogens with zero attached hydrogens (tertiary/aromatic N) is 1. The van der Waals surface area contributed by atoms with Crippen LogP contribution in [0.2, 0.25) is 0 Å². The lowest BCUT2D eigenvalue weighted by atomic mass is 9.73. The highest BCUT2D eigenvalue weighted by Crippen LogP contribution is 2.47. The van der Waals surface area contributed by atoms with Crippen molar-refractivity contribution >= 4 is 11.9 Å². The second kappa shape index (κ2) is 9.97. The summed E-state index contributed by atoms with van der Waals surface area (Å²) in [7, 11) is 0. The molecule has 3 unspecified atom stereocenters. The van der Waals surface area contributed by atoms with Crippen LogP contribution < -0.4 is 16.4 Å². The van der Waals surface area contributed by atoms with E-state index in [2.05, 4.69) is 10.6 Å². The number of fused-ring (bicyclic) bond motifs is 1. The summed E-state index contributed by atoms with van der Waals surface area (Å²) in [4.78, 5) is 27.3. The molecule has 1 aromatic rings. The van der Waals surface area contributed by atoms with Crippen molar-refractivity contribution in [3.8, 4) is 0 Å². The zero-order valence-corrected chi connectivity index (χ0v) is 20.3. The first-order valence-corrected chi connectivity index (χ1v) is 12.4. The predicted octanol–water partition coefficient (Wildman–Crippen LogP) is 3.72. The number of benzene rings is 1. The van der Waals surface area contributed by atoms with Gasteiger partial charge in [-0.15, -0.1) is 0 Å². The number of urea groups is 1. The molecule has 2 fully saturated rings. The SMILES string of the molecule is CC(C)C1(C(=O)N2Cc3cc(C(F)(F)F)ccc3C(NC(N)=O)C2)CCC(NC2CCOCC2)C1. The number of ether oxygens (including phenoxy) is 1. The number of carbonyl (C=O) groups excluding carboxylic acids is 2. The van der Waals surface area contributed by atoms with E-state index >= 15 is 0 Å². The summed E-state index contributed by atoms with van der Waals surface area (Å²) in [6.45, 7) is 5.79. The molecule has 3 amide bonds. The van der Waals surface area contributed by atoms with E-state index < -0.39 is 29.2 Å². The molecule has 1 aromatic carbocycles. The molecule has 0 radical (unpaired) electrons. The van der Waals surface area contributed by atoms with Gasteiger partial charge in [0.2, 0.25) is 5.91 Å². The summed E-state index contributed by atoms with van der Waals surface area (Å²) in [5.41, 5.74) is 4.91. The van der Waals surface area contributed by atoms with Gasteiger partial charge >= 0.3 is 12.2 Å². The molecule has 7 nitrogen and oxygen atoms in total. The van der Waals surface area contributed by atoms with Crippen molar-refractivity contribution in [2.24, 2.45) is 17.1 Å². The second-order valence-corrected chi connectivity index (χ2v) is 10.5. The highest BCUT2D eigenvalue weighted by Gasteiger charge is 2.50. The minimum Gasteiger partial charge on any atom is -0.381 e. The Hall–Kier alpha value is -2.33. The van der Waals surface area contributed by atoms with Gasteiger partial charge in [-0.1, -0.05) is 19.9 Å². The molecule has 1 saturated carbocycles. The van der Waals surface area contributed by atoms with E-state index in [1.807, 2.05) is 13.8 Å². The highest BCUT2D eigenvalue weighted by molar-refractivity contribution is 5.84. The van der Waals surface area contributed by atoms with Gasteiger partial charge in [-0.3, -0.25) is 4.79 Å². The maximum atomic E-state index is 14.0. The summed E-state index contributed by atoms with van der Waals surface area (Å²) < 4.78 is 45.6. The van der Waals surface area contributed by atoms with Crippen molar-refractivity contribution in [3.05, 3.63) is 34.9 Å². The first-order valence-electron chi connectivity index (χ1n) is 12.4. The topological polar surface area (TPSA) is 96.7 Å². The Kier molecular flexibility index (Phi) is 7.33. The van der Waals surface area contributed by atoms with Crippen LogP contribution in [0.15, 0.2) is 18.2 Å². The number of rotatable bonds is 5.